The molecule has 0 saturated carbocycles. The maximum atomic E-state index is 13.0. The van der Waals surface area contributed by atoms with E-state index >= 15 is 0 Å². The van der Waals surface area contributed by atoms with Gasteiger partial charge in [-0.1, -0.05) is 36.9 Å². The second-order valence-electron chi connectivity index (χ2n) is 6.98. The van der Waals surface area contributed by atoms with Crippen molar-refractivity contribution in [1.82, 2.24) is 9.55 Å². The quantitative estimate of drug-likeness (QED) is 0.485. The number of amides is 1. The third kappa shape index (κ3) is 4.28. The minimum atomic E-state index is -0.119. The Morgan fingerprint density at radius 2 is 1.93 bits per heavy atom. The Hall–Kier alpha value is -2.60. The normalized spacial score (nSPS) is 12.1. The number of aryl methyl sites for hydroxylation is 2. The number of para-hydroxylation sites is 1. The lowest BCUT2D eigenvalue weighted by Gasteiger charge is -2.18. The number of thioether (sulfide) groups is 1. The summed E-state index contributed by atoms with van der Waals surface area (Å²) in [6.45, 7) is 8.09. The molecule has 28 heavy (non-hydrogen) atoms. The van der Waals surface area contributed by atoms with E-state index in [2.05, 4.69) is 10.3 Å². The first-order chi connectivity index (χ1) is 13.4. The summed E-state index contributed by atoms with van der Waals surface area (Å²) in [4.78, 5) is 30.1. The molecule has 6 heteroatoms. The predicted molar refractivity (Wildman–Crippen MR) is 116 cm³/mol. The van der Waals surface area contributed by atoms with Crippen LogP contribution in [-0.4, -0.2) is 21.2 Å². The molecule has 1 aromatic heterocycles. The summed E-state index contributed by atoms with van der Waals surface area (Å²) in [5.74, 6) is 0.0695. The van der Waals surface area contributed by atoms with Gasteiger partial charge in [0.25, 0.3) is 5.56 Å². The van der Waals surface area contributed by atoms with E-state index in [-0.39, 0.29) is 23.3 Å². The molecule has 0 spiro atoms. The van der Waals surface area contributed by atoms with Crippen molar-refractivity contribution in [3.05, 3.63) is 63.9 Å². The molecule has 0 fully saturated rings. The zero-order chi connectivity index (χ0) is 20.3. The fourth-order valence-electron chi connectivity index (χ4n) is 2.94. The molecule has 0 saturated heterocycles. The Morgan fingerprint density at radius 3 is 2.64 bits per heavy atom. The molecule has 2 aromatic carbocycles. The zero-order valence-electron chi connectivity index (χ0n) is 16.7. The van der Waals surface area contributed by atoms with Crippen LogP contribution in [0.2, 0.25) is 0 Å². The van der Waals surface area contributed by atoms with Crippen molar-refractivity contribution in [2.75, 3.05) is 11.1 Å². The number of anilines is 1. The molecule has 1 N–H and O–H groups in total. The van der Waals surface area contributed by atoms with E-state index in [9.17, 15) is 9.59 Å². The lowest BCUT2D eigenvalue weighted by molar-refractivity contribution is -0.113. The van der Waals surface area contributed by atoms with Crippen molar-refractivity contribution in [2.45, 2.75) is 45.3 Å². The van der Waals surface area contributed by atoms with Crippen molar-refractivity contribution in [3.63, 3.8) is 0 Å². The average Bonchev–Trinajstić information content (AvgIpc) is 2.69. The van der Waals surface area contributed by atoms with Crippen molar-refractivity contribution >= 4 is 34.3 Å². The fraction of sp³-hybridized carbons (Fsp3) is 0.318. The standard InChI is InChI=1S/C22H25N3O2S/c1-5-16(4)25-21(27)18-8-6-7-9-19(18)24-22(25)28-13-20(26)23-17-11-10-14(2)15(3)12-17/h6-12,16H,5,13H2,1-4H3,(H,23,26)/t16-/m0/s1. The van der Waals surface area contributed by atoms with E-state index in [0.717, 1.165) is 17.7 Å². The zero-order valence-corrected chi connectivity index (χ0v) is 17.5. The number of nitrogens with zero attached hydrogens (tertiary/aromatic N) is 2. The maximum absolute atomic E-state index is 13.0. The van der Waals surface area contributed by atoms with Gasteiger partial charge in [-0.2, -0.15) is 0 Å². The Labute approximate surface area is 169 Å². The van der Waals surface area contributed by atoms with E-state index in [0.29, 0.717) is 16.1 Å². The van der Waals surface area contributed by atoms with Crippen LogP contribution >= 0.6 is 11.8 Å². The topological polar surface area (TPSA) is 64.0 Å². The van der Waals surface area contributed by atoms with Gasteiger partial charge in [0.2, 0.25) is 5.91 Å². The number of carbonyl (C=O) groups excluding carboxylic acids is 1. The molecule has 1 heterocycles. The smallest absolute Gasteiger partial charge is 0.262 e. The molecule has 0 unspecified atom stereocenters. The summed E-state index contributed by atoms with van der Waals surface area (Å²) >= 11 is 1.29. The number of hydrogen-bond acceptors (Lipinski definition) is 4. The highest BCUT2D eigenvalue weighted by Crippen LogP contribution is 2.23. The number of hydrogen-bond donors (Lipinski definition) is 1. The second kappa shape index (κ2) is 8.61. The highest BCUT2D eigenvalue weighted by Gasteiger charge is 2.16. The van der Waals surface area contributed by atoms with Crippen LogP contribution in [0.1, 0.15) is 37.4 Å². The fourth-order valence-corrected chi connectivity index (χ4v) is 3.84. The number of fused-ring (bicyclic) bond motifs is 1. The monoisotopic (exact) mass is 395 g/mol. The molecule has 3 aromatic rings. The van der Waals surface area contributed by atoms with Gasteiger partial charge in [-0.3, -0.25) is 14.2 Å². The maximum Gasteiger partial charge on any atom is 0.262 e. The van der Waals surface area contributed by atoms with Gasteiger partial charge >= 0.3 is 0 Å². The lowest BCUT2D eigenvalue weighted by atomic mass is 10.1. The van der Waals surface area contributed by atoms with Crippen LogP contribution in [0, 0.1) is 13.8 Å². The average molecular weight is 396 g/mol. The minimum Gasteiger partial charge on any atom is -0.325 e. The summed E-state index contributed by atoms with van der Waals surface area (Å²) in [6.07, 6.45) is 0.808. The second-order valence-corrected chi connectivity index (χ2v) is 7.92. The number of carbonyl (C=O) groups is 1. The van der Waals surface area contributed by atoms with Crippen LogP contribution < -0.4 is 10.9 Å². The van der Waals surface area contributed by atoms with Crippen molar-refractivity contribution < 1.29 is 4.79 Å². The first kappa shape index (κ1) is 20.1. The molecule has 0 bridgehead atoms. The molecule has 0 aliphatic rings. The first-order valence-electron chi connectivity index (χ1n) is 9.42. The summed E-state index contributed by atoms with van der Waals surface area (Å²) in [5, 5.41) is 4.10. The number of benzene rings is 2. The Morgan fingerprint density at radius 1 is 1.18 bits per heavy atom. The summed E-state index contributed by atoms with van der Waals surface area (Å²) in [5.41, 5.74) is 3.69. The van der Waals surface area contributed by atoms with Crippen LogP contribution in [-0.2, 0) is 4.79 Å². The molecule has 146 valence electrons. The molecule has 3 rings (SSSR count). The van der Waals surface area contributed by atoms with E-state index in [4.69, 9.17) is 0 Å². The summed E-state index contributed by atoms with van der Waals surface area (Å²) in [7, 11) is 0. The van der Waals surface area contributed by atoms with Gasteiger partial charge in [-0.15, -0.1) is 0 Å². The molecule has 5 nitrogen and oxygen atoms in total. The summed E-state index contributed by atoms with van der Waals surface area (Å²) in [6, 6.07) is 13.2. The SMILES string of the molecule is CC[C@H](C)n1c(SCC(=O)Nc2ccc(C)c(C)c2)nc2ccccc2c1=O. The van der Waals surface area contributed by atoms with Crippen LogP contribution in [0.3, 0.4) is 0 Å². The molecule has 0 aliphatic heterocycles. The summed E-state index contributed by atoms with van der Waals surface area (Å²) < 4.78 is 1.70. The number of rotatable bonds is 6. The van der Waals surface area contributed by atoms with E-state index in [1.807, 2.05) is 64.1 Å². The van der Waals surface area contributed by atoms with Crippen molar-refractivity contribution in [3.8, 4) is 0 Å². The first-order valence-corrected chi connectivity index (χ1v) is 10.4. The highest BCUT2D eigenvalue weighted by atomic mass is 32.2. The molecular formula is C22H25N3O2S. The molecule has 0 radical (unpaired) electrons. The van der Waals surface area contributed by atoms with Gasteiger partial charge in [-0.05, 0) is 62.6 Å². The van der Waals surface area contributed by atoms with Crippen LogP contribution in [0.5, 0.6) is 0 Å². The Balaban J connectivity index is 1.83. The van der Waals surface area contributed by atoms with Gasteiger partial charge in [0, 0.05) is 11.7 Å². The van der Waals surface area contributed by atoms with Crippen molar-refractivity contribution in [1.29, 1.82) is 0 Å². The molecule has 1 atom stereocenters. The van der Waals surface area contributed by atoms with Gasteiger partial charge < -0.3 is 5.32 Å². The Bertz CT molecular complexity index is 1080. The van der Waals surface area contributed by atoms with Gasteiger partial charge in [0.15, 0.2) is 5.16 Å². The molecule has 0 aliphatic carbocycles. The van der Waals surface area contributed by atoms with Crippen LogP contribution in [0.4, 0.5) is 5.69 Å². The minimum absolute atomic E-state index is 0.00918. The van der Waals surface area contributed by atoms with Gasteiger partial charge in [-0.25, -0.2) is 4.98 Å². The lowest BCUT2D eigenvalue weighted by Crippen LogP contribution is -2.26. The van der Waals surface area contributed by atoms with E-state index in [1.165, 1.54) is 17.3 Å². The van der Waals surface area contributed by atoms with Crippen LogP contribution in [0.25, 0.3) is 10.9 Å². The largest absolute Gasteiger partial charge is 0.325 e. The van der Waals surface area contributed by atoms with Gasteiger partial charge in [0.1, 0.15) is 0 Å². The van der Waals surface area contributed by atoms with Crippen LogP contribution in [0.15, 0.2) is 52.4 Å². The predicted octanol–water partition coefficient (Wildman–Crippen LogP) is 4.72. The third-order valence-corrected chi connectivity index (χ3v) is 5.88. The third-order valence-electron chi connectivity index (χ3n) is 4.93. The van der Waals surface area contributed by atoms with Crippen molar-refractivity contribution in [2.24, 2.45) is 0 Å². The Kier molecular flexibility index (Phi) is 6.19. The van der Waals surface area contributed by atoms with Gasteiger partial charge in [0.05, 0.1) is 16.7 Å². The van der Waals surface area contributed by atoms with E-state index < -0.39 is 0 Å². The molecule has 1 amide bonds. The van der Waals surface area contributed by atoms with E-state index in [1.54, 1.807) is 10.6 Å². The number of aromatic nitrogens is 2. The highest BCUT2D eigenvalue weighted by molar-refractivity contribution is 7.99. The molecular weight excluding hydrogens is 370 g/mol. The number of nitrogens with one attached hydrogen (secondary N) is 1.